The van der Waals surface area contributed by atoms with Gasteiger partial charge in [-0.25, -0.2) is 12.8 Å². The van der Waals surface area contributed by atoms with Crippen molar-refractivity contribution in [3.8, 4) is 0 Å². The van der Waals surface area contributed by atoms with Gasteiger partial charge < -0.3 is 5.73 Å². The molecule has 2 unspecified atom stereocenters. The van der Waals surface area contributed by atoms with Crippen LogP contribution < -0.4 is 5.73 Å². The zero-order valence-electron chi connectivity index (χ0n) is 11.1. The highest BCUT2D eigenvalue weighted by molar-refractivity contribution is 7.89. The molecule has 1 aliphatic rings. The van der Waals surface area contributed by atoms with E-state index in [4.69, 9.17) is 5.73 Å². The van der Waals surface area contributed by atoms with Gasteiger partial charge in [0.15, 0.2) is 0 Å². The molecule has 0 amide bonds. The largest absolute Gasteiger partial charge is 0.398 e. The second kappa shape index (κ2) is 5.09. The zero-order chi connectivity index (χ0) is 14.2. The van der Waals surface area contributed by atoms with Crippen molar-refractivity contribution in [1.29, 1.82) is 0 Å². The number of anilines is 1. The third kappa shape index (κ3) is 2.60. The van der Waals surface area contributed by atoms with Crippen LogP contribution in [0.1, 0.15) is 33.1 Å². The Bertz CT molecular complexity index is 564. The fourth-order valence-electron chi connectivity index (χ4n) is 2.74. The minimum atomic E-state index is -3.67. The molecule has 0 bridgehead atoms. The monoisotopic (exact) mass is 286 g/mol. The van der Waals surface area contributed by atoms with Gasteiger partial charge in [0.1, 0.15) is 10.7 Å². The van der Waals surface area contributed by atoms with Crippen molar-refractivity contribution in [3.05, 3.63) is 24.0 Å². The first kappa shape index (κ1) is 14.3. The molecule has 1 heterocycles. The summed E-state index contributed by atoms with van der Waals surface area (Å²) >= 11 is 0. The van der Waals surface area contributed by atoms with Crippen LogP contribution in [0.25, 0.3) is 0 Å². The van der Waals surface area contributed by atoms with Crippen LogP contribution in [-0.2, 0) is 10.0 Å². The SMILES string of the molecule is CC1CCCC(C)N1S(=O)(=O)c1ccc(F)cc1N. The number of halogens is 1. The van der Waals surface area contributed by atoms with Crippen molar-refractivity contribution >= 4 is 15.7 Å². The van der Waals surface area contributed by atoms with Crippen LogP contribution in [0, 0.1) is 5.82 Å². The average molecular weight is 286 g/mol. The van der Waals surface area contributed by atoms with E-state index in [1.807, 2.05) is 13.8 Å². The van der Waals surface area contributed by atoms with Gasteiger partial charge in [0.05, 0.1) is 5.69 Å². The summed E-state index contributed by atoms with van der Waals surface area (Å²) in [6.45, 7) is 3.79. The molecular formula is C13H19FN2O2S. The van der Waals surface area contributed by atoms with E-state index < -0.39 is 15.8 Å². The molecule has 0 spiro atoms. The fourth-order valence-corrected chi connectivity index (χ4v) is 4.72. The number of hydrogen-bond acceptors (Lipinski definition) is 3. The molecule has 4 nitrogen and oxygen atoms in total. The van der Waals surface area contributed by atoms with Crippen LogP contribution in [0.4, 0.5) is 10.1 Å². The van der Waals surface area contributed by atoms with Gasteiger partial charge in [0.2, 0.25) is 10.0 Å². The Labute approximate surface area is 113 Å². The number of benzene rings is 1. The molecule has 1 saturated heterocycles. The van der Waals surface area contributed by atoms with Crippen LogP contribution >= 0.6 is 0 Å². The minimum absolute atomic E-state index is 0.00509. The fraction of sp³-hybridized carbons (Fsp3) is 0.538. The van der Waals surface area contributed by atoms with Gasteiger partial charge in [-0.1, -0.05) is 6.42 Å². The molecular weight excluding hydrogens is 267 g/mol. The quantitative estimate of drug-likeness (QED) is 0.849. The first-order valence-electron chi connectivity index (χ1n) is 6.42. The number of nitrogens with two attached hydrogens (primary N) is 1. The molecule has 6 heteroatoms. The molecule has 1 fully saturated rings. The van der Waals surface area contributed by atoms with Gasteiger partial charge >= 0.3 is 0 Å². The molecule has 0 saturated carbocycles. The highest BCUT2D eigenvalue weighted by atomic mass is 32.2. The van der Waals surface area contributed by atoms with E-state index in [1.54, 1.807) is 0 Å². The van der Waals surface area contributed by atoms with Gasteiger partial charge in [-0.15, -0.1) is 0 Å². The van der Waals surface area contributed by atoms with Crippen molar-refractivity contribution in [2.24, 2.45) is 0 Å². The van der Waals surface area contributed by atoms with E-state index in [1.165, 1.54) is 10.4 Å². The normalized spacial score (nSPS) is 25.4. The average Bonchev–Trinajstić information content (AvgIpc) is 2.27. The Balaban J connectivity index is 2.46. The molecule has 1 aromatic carbocycles. The summed E-state index contributed by atoms with van der Waals surface area (Å²) in [5.74, 6) is -0.531. The van der Waals surface area contributed by atoms with Crippen LogP contribution in [0.3, 0.4) is 0 Å². The van der Waals surface area contributed by atoms with Crippen LogP contribution in [0.2, 0.25) is 0 Å². The van der Waals surface area contributed by atoms with Crippen LogP contribution in [-0.4, -0.2) is 24.8 Å². The summed E-state index contributed by atoms with van der Waals surface area (Å²) in [6.07, 6.45) is 2.70. The Morgan fingerprint density at radius 2 is 1.84 bits per heavy atom. The van der Waals surface area contributed by atoms with E-state index in [0.29, 0.717) is 0 Å². The van der Waals surface area contributed by atoms with E-state index in [-0.39, 0.29) is 22.7 Å². The van der Waals surface area contributed by atoms with Gasteiger partial charge in [0.25, 0.3) is 0 Å². The maximum absolute atomic E-state index is 13.0. The van der Waals surface area contributed by atoms with Gasteiger partial charge in [0, 0.05) is 12.1 Å². The predicted octanol–water partition coefficient (Wildman–Crippen LogP) is 2.36. The Morgan fingerprint density at radius 3 is 2.37 bits per heavy atom. The molecule has 1 aliphatic heterocycles. The number of nitrogens with zero attached hydrogens (tertiary/aromatic N) is 1. The van der Waals surface area contributed by atoms with Crippen molar-refractivity contribution in [2.45, 2.75) is 50.1 Å². The maximum Gasteiger partial charge on any atom is 0.245 e. The molecule has 0 aliphatic carbocycles. The Kier molecular flexibility index (Phi) is 3.82. The second-order valence-corrected chi connectivity index (χ2v) is 6.96. The maximum atomic E-state index is 13.0. The smallest absolute Gasteiger partial charge is 0.245 e. The van der Waals surface area contributed by atoms with Crippen molar-refractivity contribution in [3.63, 3.8) is 0 Å². The third-order valence-electron chi connectivity index (χ3n) is 3.64. The lowest BCUT2D eigenvalue weighted by Crippen LogP contribution is -2.47. The second-order valence-electron chi connectivity index (χ2n) is 5.15. The summed E-state index contributed by atoms with van der Waals surface area (Å²) in [4.78, 5) is -0.00509. The summed E-state index contributed by atoms with van der Waals surface area (Å²) < 4.78 is 39.9. The minimum Gasteiger partial charge on any atom is -0.398 e. The van der Waals surface area contributed by atoms with Gasteiger partial charge in [-0.3, -0.25) is 0 Å². The number of hydrogen-bond donors (Lipinski definition) is 1. The highest BCUT2D eigenvalue weighted by Gasteiger charge is 2.36. The zero-order valence-corrected chi connectivity index (χ0v) is 12.0. The number of rotatable bonds is 2. The third-order valence-corrected chi connectivity index (χ3v) is 5.84. The number of piperidine rings is 1. The van der Waals surface area contributed by atoms with Crippen LogP contribution in [0.15, 0.2) is 23.1 Å². The molecule has 106 valence electrons. The van der Waals surface area contributed by atoms with E-state index in [9.17, 15) is 12.8 Å². The summed E-state index contributed by atoms with van der Waals surface area (Å²) in [5, 5.41) is 0. The molecule has 0 radical (unpaired) electrons. The molecule has 2 atom stereocenters. The molecule has 19 heavy (non-hydrogen) atoms. The van der Waals surface area contributed by atoms with Crippen molar-refractivity contribution in [2.75, 3.05) is 5.73 Å². The lowest BCUT2D eigenvalue weighted by molar-refractivity contribution is 0.204. The van der Waals surface area contributed by atoms with Gasteiger partial charge in [-0.05, 0) is 44.9 Å². The summed E-state index contributed by atoms with van der Waals surface area (Å²) in [6, 6.07) is 3.30. The number of nitrogen functional groups attached to an aromatic ring is 1. The van der Waals surface area contributed by atoms with E-state index in [0.717, 1.165) is 31.4 Å². The molecule has 0 aromatic heterocycles. The Morgan fingerprint density at radius 1 is 1.26 bits per heavy atom. The van der Waals surface area contributed by atoms with Crippen molar-refractivity contribution in [1.82, 2.24) is 4.31 Å². The lowest BCUT2D eigenvalue weighted by Gasteiger charge is -2.37. The molecule has 2 rings (SSSR count). The summed E-state index contributed by atoms with van der Waals surface area (Å²) in [5.41, 5.74) is 5.62. The first-order chi connectivity index (χ1) is 8.84. The predicted molar refractivity (Wildman–Crippen MR) is 72.6 cm³/mol. The lowest BCUT2D eigenvalue weighted by atomic mass is 10.0. The van der Waals surface area contributed by atoms with Crippen molar-refractivity contribution < 1.29 is 12.8 Å². The topological polar surface area (TPSA) is 63.4 Å². The highest BCUT2D eigenvalue weighted by Crippen LogP contribution is 2.31. The molecule has 1 aromatic rings. The van der Waals surface area contributed by atoms with Gasteiger partial charge in [-0.2, -0.15) is 4.31 Å². The first-order valence-corrected chi connectivity index (χ1v) is 7.86. The molecule has 2 N–H and O–H groups in total. The standard InChI is InChI=1S/C13H19FN2O2S/c1-9-4-3-5-10(2)16(9)19(17,18)13-7-6-11(14)8-12(13)15/h6-10H,3-5,15H2,1-2H3. The number of sulfonamides is 1. The Hall–Kier alpha value is -1.14. The van der Waals surface area contributed by atoms with E-state index >= 15 is 0 Å². The van der Waals surface area contributed by atoms with Crippen LogP contribution in [0.5, 0.6) is 0 Å². The summed E-state index contributed by atoms with van der Waals surface area (Å²) in [7, 11) is -3.67. The van der Waals surface area contributed by atoms with E-state index in [2.05, 4.69) is 0 Å².